The lowest BCUT2D eigenvalue weighted by Gasteiger charge is -2.15. The van der Waals surface area contributed by atoms with Crippen LogP contribution in [0.3, 0.4) is 0 Å². The Hall–Kier alpha value is -3.62. The number of non-ortho nitro benzene ring substituents is 1. The molecule has 10 heteroatoms. The van der Waals surface area contributed by atoms with E-state index in [9.17, 15) is 19.7 Å². The Morgan fingerprint density at radius 1 is 1.00 bits per heavy atom. The standard InChI is InChI=1S/C20H11Cl2N3O5/c21-16-7-5-13(9-17(16)22)24-20(27)15(19(26)23-24)10-14-6-8-18(30-14)11-1-3-12(4-2-11)25(28)29/h1-10H,(H,23,26). The van der Waals surface area contributed by atoms with Crippen LogP contribution >= 0.6 is 23.2 Å². The number of carbonyl (C=O) groups is 2. The fourth-order valence-electron chi connectivity index (χ4n) is 2.84. The van der Waals surface area contributed by atoms with Gasteiger partial charge in [0.25, 0.3) is 17.5 Å². The molecule has 0 aliphatic carbocycles. The van der Waals surface area contributed by atoms with E-state index in [1.165, 1.54) is 30.3 Å². The van der Waals surface area contributed by atoms with Crippen LogP contribution < -0.4 is 10.4 Å². The maximum Gasteiger partial charge on any atom is 0.282 e. The number of halogens is 2. The van der Waals surface area contributed by atoms with Crippen molar-refractivity contribution in [2.24, 2.45) is 0 Å². The quantitative estimate of drug-likeness (QED) is 0.274. The minimum absolute atomic E-state index is 0.0386. The van der Waals surface area contributed by atoms with Gasteiger partial charge in [-0.25, -0.2) is 5.01 Å². The highest BCUT2D eigenvalue weighted by Gasteiger charge is 2.35. The summed E-state index contributed by atoms with van der Waals surface area (Å²) in [6.45, 7) is 0. The second kappa shape index (κ2) is 7.66. The van der Waals surface area contributed by atoms with Gasteiger partial charge in [-0.15, -0.1) is 0 Å². The number of nitrogens with one attached hydrogen (secondary N) is 1. The molecule has 0 unspecified atom stereocenters. The number of hydrogen-bond acceptors (Lipinski definition) is 5. The fraction of sp³-hybridized carbons (Fsp3) is 0. The van der Waals surface area contributed by atoms with Crippen LogP contribution in [-0.4, -0.2) is 16.7 Å². The molecule has 1 fully saturated rings. The van der Waals surface area contributed by atoms with E-state index in [-0.39, 0.29) is 22.0 Å². The molecular formula is C20H11Cl2N3O5. The number of carbonyl (C=O) groups excluding carboxylic acids is 2. The van der Waals surface area contributed by atoms with Gasteiger partial charge in [0.05, 0.1) is 20.7 Å². The molecule has 2 amide bonds. The summed E-state index contributed by atoms with van der Waals surface area (Å²) in [5, 5.41) is 12.4. The zero-order valence-electron chi connectivity index (χ0n) is 15.0. The largest absolute Gasteiger partial charge is 0.457 e. The van der Waals surface area contributed by atoms with E-state index in [4.69, 9.17) is 27.6 Å². The number of hydrazine groups is 1. The molecule has 1 aliphatic heterocycles. The molecule has 1 N–H and O–H groups in total. The van der Waals surface area contributed by atoms with E-state index < -0.39 is 16.7 Å². The molecule has 3 aromatic rings. The number of hydrogen-bond donors (Lipinski definition) is 1. The summed E-state index contributed by atoms with van der Waals surface area (Å²) in [7, 11) is 0. The first-order chi connectivity index (χ1) is 14.3. The van der Waals surface area contributed by atoms with E-state index in [2.05, 4.69) is 5.43 Å². The van der Waals surface area contributed by atoms with Gasteiger partial charge < -0.3 is 4.42 Å². The highest BCUT2D eigenvalue weighted by molar-refractivity contribution is 6.42. The first-order valence-corrected chi connectivity index (χ1v) is 9.26. The SMILES string of the molecule is O=C1NN(c2ccc(Cl)c(Cl)c2)C(=O)C1=Cc1ccc(-c2ccc([N+](=O)[O-])cc2)o1. The van der Waals surface area contributed by atoms with Crippen molar-refractivity contribution < 1.29 is 18.9 Å². The van der Waals surface area contributed by atoms with Gasteiger partial charge in [-0.1, -0.05) is 23.2 Å². The molecule has 1 aromatic heterocycles. The molecule has 2 aromatic carbocycles. The van der Waals surface area contributed by atoms with Crippen LogP contribution in [-0.2, 0) is 9.59 Å². The maximum atomic E-state index is 12.7. The number of anilines is 1. The van der Waals surface area contributed by atoms with Crippen molar-refractivity contribution in [1.29, 1.82) is 0 Å². The molecule has 0 bridgehead atoms. The van der Waals surface area contributed by atoms with Crippen LogP contribution in [0, 0.1) is 10.1 Å². The van der Waals surface area contributed by atoms with Gasteiger partial charge in [0.1, 0.15) is 17.1 Å². The molecule has 0 spiro atoms. The van der Waals surface area contributed by atoms with Crippen LogP contribution in [0.5, 0.6) is 0 Å². The number of furan rings is 1. The number of nitro groups is 1. The number of nitrogens with zero attached hydrogens (tertiary/aromatic N) is 2. The van der Waals surface area contributed by atoms with Gasteiger partial charge in [0.15, 0.2) is 0 Å². The second-order valence-corrected chi connectivity index (χ2v) is 7.06. The van der Waals surface area contributed by atoms with Gasteiger partial charge in [-0.2, -0.15) is 0 Å². The van der Waals surface area contributed by atoms with Gasteiger partial charge in [-0.05, 0) is 48.5 Å². The molecule has 8 nitrogen and oxygen atoms in total. The molecule has 0 atom stereocenters. The number of amides is 2. The summed E-state index contributed by atoms with van der Waals surface area (Å²) in [6.07, 6.45) is 1.32. The van der Waals surface area contributed by atoms with Crippen molar-refractivity contribution >= 4 is 52.5 Å². The molecule has 0 radical (unpaired) electrons. The Kier molecular flexibility index (Phi) is 5.03. The third-order valence-corrected chi connectivity index (χ3v) is 5.07. The molecule has 1 saturated heterocycles. The van der Waals surface area contributed by atoms with Gasteiger partial charge in [0, 0.05) is 17.7 Å². The lowest BCUT2D eigenvalue weighted by atomic mass is 10.1. The topological polar surface area (TPSA) is 106 Å². The van der Waals surface area contributed by atoms with Crippen LogP contribution in [0.15, 0.2) is 64.6 Å². The highest BCUT2D eigenvalue weighted by atomic mass is 35.5. The lowest BCUT2D eigenvalue weighted by Crippen LogP contribution is -2.35. The van der Waals surface area contributed by atoms with E-state index >= 15 is 0 Å². The van der Waals surface area contributed by atoms with E-state index in [1.807, 2.05) is 0 Å². The normalized spacial score (nSPS) is 15.0. The minimum Gasteiger partial charge on any atom is -0.457 e. The van der Waals surface area contributed by atoms with E-state index in [0.29, 0.717) is 22.0 Å². The molecule has 1 aliphatic rings. The summed E-state index contributed by atoms with van der Waals surface area (Å²) in [5.74, 6) is -0.465. The number of nitro benzene ring substituents is 1. The van der Waals surface area contributed by atoms with Crippen molar-refractivity contribution in [3.8, 4) is 11.3 Å². The van der Waals surface area contributed by atoms with Crippen LogP contribution in [0.4, 0.5) is 11.4 Å². The monoisotopic (exact) mass is 443 g/mol. The predicted octanol–water partition coefficient (Wildman–Crippen LogP) is 4.62. The Morgan fingerprint density at radius 2 is 1.73 bits per heavy atom. The zero-order valence-corrected chi connectivity index (χ0v) is 16.5. The average Bonchev–Trinajstić information content (AvgIpc) is 3.30. The zero-order chi connectivity index (χ0) is 21.4. The summed E-state index contributed by atoms with van der Waals surface area (Å²) < 4.78 is 5.67. The molecule has 4 rings (SSSR count). The van der Waals surface area contributed by atoms with Crippen molar-refractivity contribution in [2.45, 2.75) is 0 Å². The smallest absolute Gasteiger partial charge is 0.282 e. The highest BCUT2D eigenvalue weighted by Crippen LogP contribution is 2.30. The first-order valence-electron chi connectivity index (χ1n) is 8.50. The number of benzene rings is 2. The van der Waals surface area contributed by atoms with Crippen LogP contribution in [0.25, 0.3) is 17.4 Å². The molecule has 2 heterocycles. The van der Waals surface area contributed by atoms with Gasteiger partial charge in [0.2, 0.25) is 0 Å². The lowest BCUT2D eigenvalue weighted by molar-refractivity contribution is -0.384. The van der Waals surface area contributed by atoms with E-state index in [1.54, 1.807) is 30.3 Å². The number of rotatable bonds is 4. The minimum atomic E-state index is -0.598. The second-order valence-electron chi connectivity index (χ2n) is 6.24. The van der Waals surface area contributed by atoms with Gasteiger partial charge in [-0.3, -0.25) is 25.1 Å². The third-order valence-electron chi connectivity index (χ3n) is 4.33. The Labute approximate surface area is 179 Å². The van der Waals surface area contributed by atoms with Gasteiger partial charge >= 0.3 is 0 Å². The first kappa shape index (κ1) is 19.7. The maximum absolute atomic E-state index is 12.7. The van der Waals surface area contributed by atoms with Crippen LogP contribution in [0.2, 0.25) is 10.0 Å². The van der Waals surface area contributed by atoms with Crippen LogP contribution in [0.1, 0.15) is 5.76 Å². The summed E-state index contributed by atoms with van der Waals surface area (Å²) in [5.41, 5.74) is 3.28. The summed E-state index contributed by atoms with van der Waals surface area (Å²) in [6, 6.07) is 13.6. The molecule has 30 heavy (non-hydrogen) atoms. The van der Waals surface area contributed by atoms with Crippen molar-refractivity contribution in [3.05, 3.63) is 86.1 Å². The molecule has 150 valence electrons. The summed E-state index contributed by atoms with van der Waals surface area (Å²) in [4.78, 5) is 35.2. The fourth-order valence-corrected chi connectivity index (χ4v) is 3.13. The Bertz CT molecular complexity index is 1220. The summed E-state index contributed by atoms with van der Waals surface area (Å²) >= 11 is 11.9. The average molecular weight is 444 g/mol. The predicted molar refractivity (Wildman–Crippen MR) is 111 cm³/mol. The Balaban J connectivity index is 1.59. The molecule has 0 saturated carbocycles. The van der Waals surface area contributed by atoms with Crippen molar-refractivity contribution in [2.75, 3.05) is 5.01 Å². The van der Waals surface area contributed by atoms with Crippen molar-refractivity contribution in [3.63, 3.8) is 0 Å². The van der Waals surface area contributed by atoms with Crippen molar-refractivity contribution in [1.82, 2.24) is 5.43 Å². The molecular weight excluding hydrogens is 433 g/mol. The Morgan fingerprint density at radius 3 is 2.40 bits per heavy atom. The third kappa shape index (κ3) is 3.66. The van der Waals surface area contributed by atoms with E-state index in [0.717, 1.165) is 5.01 Å².